The normalized spacial score (nSPS) is 0.571. The molecule has 6 nitrogen and oxygen atoms in total. The monoisotopic (exact) mass is 464 g/mol. The van der Waals surface area contributed by atoms with E-state index in [1.807, 2.05) is 0 Å². The van der Waals surface area contributed by atoms with E-state index in [0.717, 1.165) is 0 Å². The Kier molecular flexibility index (Phi) is 1760. The van der Waals surface area contributed by atoms with Gasteiger partial charge in [-0.1, -0.05) is 0 Å². The molecule has 0 aliphatic rings. The SMILES string of the molecule is [C-]#N.[C-]#N.[C-]#N.[C-]#N.[C-]#N.[C-]#N.[Fe+2].[H-].[H-].[H-].[H-].[K+].[K+].[K+].[K+].[Na+].[Na+].[Na+].[Na+]. The molecule has 0 unspecified atom stereocenters. The molecule has 0 aromatic heterocycles. The third kappa shape index (κ3) is 296. The zero-order valence-corrected chi connectivity index (χ0v) is 35.6. The fourth-order valence-electron chi connectivity index (χ4n) is 0. The molecule has 0 atom stereocenters. The Labute approximate surface area is 404 Å². The van der Waals surface area contributed by atoms with Crippen molar-refractivity contribution in [2.45, 2.75) is 0 Å². The Balaban J connectivity index is -0.000000000921. The second-order valence-electron chi connectivity index (χ2n) is 0. The maximum atomic E-state index is 6.25. The van der Waals surface area contributed by atoms with E-state index in [2.05, 4.69) is 0 Å². The molecule has 0 fully saturated rings. The van der Waals surface area contributed by atoms with Crippen LogP contribution in [0.2, 0.25) is 0 Å². The molecule has 0 aliphatic carbocycles. The van der Waals surface area contributed by atoms with Crippen molar-refractivity contribution in [2.75, 3.05) is 0 Å². The first-order chi connectivity index (χ1) is 6.00. The van der Waals surface area contributed by atoms with E-state index in [-0.39, 0.29) is 347 Å². The second-order valence-corrected chi connectivity index (χ2v) is 0. The summed E-state index contributed by atoms with van der Waals surface area (Å²) in [6, 6.07) is 0. The van der Waals surface area contributed by atoms with Gasteiger partial charge in [-0.25, -0.2) is 0 Å². The summed E-state index contributed by atoms with van der Waals surface area (Å²) in [6.45, 7) is 28.5. The summed E-state index contributed by atoms with van der Waals surface area (Å²) in [5.41, 5.74) is 0. The van der Waals surface area contributed by atoms with E-state index in [1.54, 1.807) is 0 Å². The Morgan fingerprint density at radius 1 is 0.333 bits per heavy atom. The largest absolute Gasteiger partial charge is 2.00 e. The van der Waals surface area contributed by atoms with Crippen molar-refractivity contribution in [1.82, 2.24) is 0 Å². The minimum Gasteiger partial charge on any atom is -1.00 e. The summed E-state index contributed by atoms with van der Waals surface area (Å²) in [6.07, 6.45) is 0. The van der Waals surface area contributed by atoms with E-state index in [4.69, 9.17) is 71.0 Å². The van der Waals surface area contributed by atoms with Crippen molar-refractivity contribution >= 4 is 0 Å². The molecular formula is C6H4FeK4N6Na4. The van der Waals surface area contributed by atoms with E-state index in [1.165, 1.54) is 0 Å². The summed E-state index contributed by atoms with van der Waals surface area (Å²) in [4.78, 5) is 0. The molecule has 0 aliphatic heterocycles. The van der Waals surface area contributed by atoms with Crippen LogP contribution in [0.15, 0.2) is 0 Å². The van der Waals surface area contributed by atoms with Gasteiger partial charge in [-0.05, 0) is 0 Å². The average Bonchev–Trinajstić information content (AvgIpc) is 2.33. The molecule has 15 heteroatoms. The number of nitrogens with zero attached hydrogens (tertiary/aromatic N) is 6. The van der Waals surface area contributed by atoms with Crippen molar-refractivity contribution in [3.8, 4) is 0 Å². The van der Waals surface area contributed by atoms with Crippen molar-refractivity contribution < 1.29 is 347 Å². The average molecular weight is 464 g/mol. The van der Waals surface area contributed by atoms with Gasteiger partial charge in [0.25, 0.3) is 0 Å². The molecule has 21 heavy (non-hydrogen) atoms. The first kappa shape index (κ1) is 116. The summed E-state index contributed by atoms with van der Waals surface area (Å²) in [5, 5.41) is 37.5. The van der Waals surface area contributed by atoms with E-state index < -0.39 is 0 Å². The molecule has 0 saturated carbocycles. The van der Waals surface area contributed by atoms with Crippen LogP contribution in [-0.2, 0) is 17.1 Å². The van der Waals surface area contributed by atoms with Gasteiger partial charge in [-0.2, -0.15) is 0 Å². The fraction of sp³-hybridized carbons (Fsp3) is 0. The van der Waals surface area contributed by atoms with E-state index >= 15 is 0 Å². The Morgan fingerprint density at radius 2 is 0.333 bits per heavy atom. The molecule has 0 radical (unpaired) electrons. The summed E-state index contributed by atoms with van der Waals surface area (Å²) >= 11 is 0. The summed E-state index contributed by atoms with van der Waals surface area (Å²) < 4.78 is 0. The second kappa shape index (κ2) is 319. The van der Waals surface area contributed by atoms with Gasteiger partial charge < -0.3 is 76.7 Å². The van der Waals surface area contributed by atoms with Gasteiger partial charge >= 0.3 is 341 Å². The van der Waals surface area contributed by atoms with Crippen LogP contribution in [0.5, 0.6) is 0 Å². The Hall–Kier alpha value is 8.00. The van der Waals surface area contributed by atoms with Crippen LogP contribution in [0.1, 0.15) is 5.71 Å². The topological polar surface area (TPSA) is 143 Å². The molecule has 0 spiro atoms. The smallest absolute Gasteiger partial charge is 1.00 e. The summed E-state index contributed by atoms with van der Waals surface area (Å²) in [7, 11) is 0. The summed E-state index contributed by atoms with van der Waals surface area (Å²) in [5.74, 6) is 0. The molecule has 0 saturated heterocycles. The molecule has 0 rings (SSSR count). The fourth-order valence-corrected chi connectivity index (χ4v) is 0. The van der Waals surface area contributed by atoms with Crippen LogP contribution < -0.4 is 324 Å². The first-order valence-electron chi connectivity index (χ1n) is 1.34. The zero-order valence-electron chi connectivity index (χ0n) is 18.0. The van der Waals surface area contributed by atoms with Crippen LogP contribution in [0.3, 0.4) is 0 Å². The quantitative estimate of drug-likeness (QED) is 0.257. The van der Waals surface area contributed by atoms with Crippen LogP contribution >= 0.6 is 0 Å². The van der Waals surface area contributed by atoms with Gasteiger partial charge in [0.1, 0.15) is 0 Å². The standard InChI is InChI=1S/6CN.Fe.4K.4Na.4H/c6*1-2;;;;;;;;;;;;;/q6*-1;+2;8*+1;4*-1. The van der Waals surface area contributed by atoms with E-state index in [9.17, 15) is 0 Å². The molecule has 0 aromatic carbocycles. The van der Waals surface area contributed by atoms with Crippen LogP contribution in [0, 0.1) is 71.0 Å². The predicted octanol–water partition coefficient (Wildman–Crippen LogP) is -22.9. The minimum absolute atomic E-state index is 0. The zero-order chi connectivity index (χ0) is 12.0. The number of rotatable bonds is 0. The Morgan fingerprint density at radius 3 is 0.333 bits per heavy atom. The molecule has 0 heterocycles. The van der Waals surface area contributed by atoms with Gasteiger partial charge in [0.2, 0.25) is 0 Å². The van der Waals surface area contributed by atoms with Gasteiger partial charge in [-0.3, -0.25) is 0 Å². The van der Waals surface area contributed by atoms with E-state index in [0.29, 0.717) is 0 Å². The van der Waals surface area contributed by atoms with Crippen molar-refractivity contribution in [1.29, 1.82) is 31.6 Å². The van der Waals surface area contributed by atoms with Gasteiger partial charge in [0.05, 0.1) is 0 Å². The van der Waals surface area contributed by atoms with Crippen LogP contribution in [0.25, 0.3) is 0 Å². The predicted molar refractivity (Wildman–Crippen MR) is 34.3 cm³/mol. The van der Waals surface area contributed by atoms with Gasteiger partial charge in [0.15, 0.2) is 0 Å². The third-order valence-electron chi connectivity index (χ3n) is 0. The first-order valence-corrected chi connectivity index (χ1v) is 1.34. The molecule has 0 aromatic rings. The molecular weight excluding hydrogens is 460 g/mol. The van der Waals surface area contributed by atoms with Crippen LogP contribution in [-0.4, -0.2) is 0 Å². The minimum atomic E-state index is 0. The molecule has 0 amide bonds. The van der Waals surface area contributed by atoms with Crippen molar-refractivity contribution in [2.24, 2.45) is 0 Å². The van der Waals surface area contributed by atoms with Crippen molar-refractivity contribution in [3.05, 3.63) is 39.4 Å². The number of hydrogen-bond acceptors (Lipinski definition) is 6. The van der Waals surface area contributed by atoms with Gasteiger partial charge in [-0.15, -0.1) is 0 Å². The number of hydrogen-bond donors (Lipinski definition) is 0. The van der Waals surface area contributed by atoms with Gasteiger partial charge in [0, 0.05) is 0 Å². The Bertz CT molecular complexity index is 136. The molecule has 74 valence electrons. The molecule has 0 N–H and O–H groups in total. The van der Waals surface area contributed by atoms with Crippen LogP contribution in [0.4, 0.5) is 0 Å². The molecule has 0 bridgehead atoms. The maximum absolute atomic E-state index is 6.25. The maximum Gasteiger partial charge on any atom is 2.00 e. The van der Waals surface area contributed by atoms with Crippen molar-refractivity contribution in [3.63, 3.8) is 0 Å². The third-order valence-corrected chi connectivity index (χ3v) is 0.